The van der Waals surface area contributed by atoms with Gasteiger partial charge in [0.1, 0.15) is 0 Å². The van der Waals surface area contributed by atoms with E-state index in [2.05, 4.69) is 9.97 Å². The molecular formula is C20H20N4O2. The lowest BCUT2D eigenvalue weighted by atomic mass is 10.1. The van der Waals surface area contributed by atoms with Crippen LogP contribution in [0.1, 0.15) is 30.9 Å². The van der Waals surface area contributed by atoms with E-state index in [9.17, 15) is 9.59 Å². The van der Waals surface area contributed by atoms with Gasteiger partial charge in [0.25, 0.3) is 5.56 Å². The summed E-state index contributed by atoms with van der Waals surface area (Å²) in [6.45, 7) is 1.10. The molecule has 0 spiro atoms. The van der Waals surface area contributed by atoms with Crippen molar-refractivity contribution in [2.75, 3.05) is 6.54 Å². The number of amides is 1. The first-order valence-corrected chi connectivity index (χ1v) is 8.87. The van der Waals surface area contributed by atoms with Gasteiger partial charge in [-0.3, -0.25) is 19.1 Å². The number of para-hydroxylation sites is 1. The molecule has 26 heavy (non-hydrogen) atoms. The molecule has 1 saturated heterocycles. The van der Waals surface area contributed by atoms with Crippen LogP contribution < -0.4 is 5.56 Å². The van der Waals surface area contributed by atoms with E-state index in [1.807, 2.05) is 35.2 Å². The van der Waals surface area contributed by atoms with Crippen LogP contribution in [0.5, 0.6) is 0 Å². The molecule has 0 radical (unpaired) electrons. The number of pyridine rings is 1. The molecule has 1 fully saturated rings. The van der Waals surface area contributed by atoms with Gasteiger partial charge in [0.15, 0.2) is 0 Å². The fourth-order valence-electron chi connectivity index (χ4n) is 3.62. The minimum absolute atomic E-state index is 0.0735. The Morgan fingerprint density at radius 3 is 2.81 bits per heavy atom. The summed E-state index contributed by atoms with van der Waals surface area (Å²) in [5.41, 5.74) is 1.70. The lowest BCUT2D eigenvalue weighted by molar-refractivity contribution is -0.132. The molecule has 2 aromatic heterocycles. The maximum absolute atomic E-state index is 12.8. The largest absolute Gasteiger partial charge is 0.336 e. The van der Waals surface area contributed by atoms with E-state index < -0.39 is 0 Å². The Kier molecular flexibility index (Phi) is 4.48. The van der Waals surface area contributed by atoms with Gasteiger partial charge in [0.2, 0.25) is 5.91 Å². The molecule has 0 aliphatic carbocycles. The van der Waals surface area contributed by atoms with Crippen molar-refractivity contribution in [1.82, 2.24) is 19.4 Å². The molecule has 1 atom stereocenters. The van der Waals surface area contributed by atoms with Crippen molar-refractivity contribution in [3.63, 3.8) is 0 Å². The Morgan fingerprint density at radius 1 is 1.15 bits per heavy atom. The van der Waals surface area contributed by atoms with Crippen LogP contribution in [0.2, 0.25) is 0 Å². The number of hydrogen-bond acceptors (Lipinski definition) is 4. The van der Waals surface area contributed by atoms with Crippen LogP contribution in [-0.2, 0) is 11.3 Å². The molecule has 0 saturated carbocycles. The van der Waals surface area contributed by atoms with Crippen LogP contribution in [0.3, 0.4) is 0 Å². The Hall–Kier alpha value is -3.02. The summed E-state index contributed by atoms with van der Waals surface area (Å²) in [6, 6.07) is 11.3. The maximum Gasteiger partial charge on any atom is 0.261 e. The number of fused-ring (bicyclic) bond motifs is 1. The summed E-state index contributed by atoms with van der Waals surface area (Å²) >= 11 is 0. The maximum atomic E-state index is 12.8. The molecular weight excluding hydrogens is 328 g/mol. The molecule has 1 aromatic carbocycles. The summed E-state index contributed by atoms with van der Waals surface area (Å²) in [6.07, 6.45) is 7.31. The molecule has 4 rings (SSSR count). The number of carbonyl (C=O) groups is 1. The second-order valence-electron chi connectivity index (χ2n) is 6.54. The van der Waals surface area contributed by atoms with Crippen LogP contribution in [0.25, 0.3) is 10.9 Å². The highest BCUT2D eigenvalue weighted by Gasteiger charge is 2.29. The first-order valence-electron chi connectivity index (χ1n) is 8.87. The second kappa shape index (κ2) is 7.07. The number of hydrogen-bond donors (Lipinski definition) is 0. The smallest absolute Gasteiger partial charge is 0.261 e. The number of carbonyl (C=O) groups excluding carboxylic acids is 1. The third-order valence-electron chi connectivity index (χ3n) is 4.96. The fraction of sp³-hybridized carbons (Fsp3) is 0.300. The van der Waals surface area contributed by atoms with Crippen molar-refractivity contribution in [2.24, 2.45) is 0 Å². The molecule has 6 nitrogen and oxygen atoms in total. The van der Waals surface area contributed by atoms with E-state index in [-0.39, 0.29) is 17.5 Å². The van der Waals surface area contributed by atoms with Gasteiger partial charge in [-0.25, -0.2) is 4.98 Å². The third kappa shape index (κ3) is 3.10. The Labute approximate surface area is 151 Å². The van der Waals surface area contributed by atoms with Crippen molar-refractivity contribution in [2.45, 2.75) is 31.8 Å². The van der Waals surface area contributed by atoms with E-state index in [1.165, 1.54) is 10.9 Å². The highest BCUT2D eigenvalue weighted by atomic mass is 16.2. The van der Waals surface area contributed by atoms with Gasteiger partial charge in [-0.05, 0) is 42.7 Å². The topological polar surface area (TPSA) is 68.1 Å². The van der Waals surface area contributed by atoms with Gasteiger partial charge in [0.05, 0.1) is 23.3 Å². The Balaban J connectivity index is 1.49. The molecule has 1 aliphatic rings. The minimum atomic E-state index is -0.101. The zero-order chi connectivity index (χ0) is 17.9. The Bertz CT molecular complexity index is 984. The summed E-state index contributed by atoms with van der Waals surface area (Å²) in [5.74, 6) is 0.0735. The average Bonchev–Trinajstić information content (AvgIpc) is 3.18. The lowest BCUT2D eigenvalue weighted by Gasteiger charge is -2.25. The normalized spacial score (nSPS) is 16.9. The average molecular weight is 348 g/mol. The van der Waals surface area contributed by atoms with Crippen molar-refractivity contribution >= 4 is 16.8 Å². The first-order chi connectivity index (χ1) is 12.7. The van der Waals surface area contributed by atoms with Gasteiger partial charge in [-0.15, -0.1) is 0 Å². The highest BCUT2D eigenvalue weighted by molar-refractivity contribution is 5.78. The van der Waals surface area contributed by atoms with E-state index in [4.69, 9.17) is 0 Å². The first kappa shape index (κ1) is 16.4. The van der Waals surface area contributed by atoms with Crippen LogP contribution >= 0.6 is 0 Å². The molecule has 1 unspecified atom stereocenters. The molecule has 3 heterocycles. The predicted molar refractivity (Wildman–Crippen MR) is 98.5 cm³/mol. The highest BCUT2D eigenvalue weighted by Crippen LogP contribution is 2.31. The number of aryl methyl sites for hydroxylation is 1. The number of rotatable bonds is 4. The lowest BCUT2D eigenvalue weighted by Crippen LogP contribution is -2.32. The van der Waals surface area contributed by atoms with Crippen LogP contribution in [0.4, 0.5) is 0 Å². The summed E-state index contributed by atoms with van der Waals surface area (Å²) in [4.78, 5) is 35.6. The van der Waals surface area contributed by atoms with Gasteiger partial charge in [-0.2, -0.15) is 0 Å². The van der Waals surface area contributed by atoms with E-state index in [1.54, 1.807) is 18.5 Å². The summed E-state index contributed by atoms with van der Waals surface area (Å²) < 4.78 is 1.53. The monoisotopic (exact) mass is 348 g/mol. The van der Waals surface area contributed by atoms with Gasteiger partial charge >= 0.3 is 0 Å². The van der Waals surface area contributed by atoms with Gasteiger partial charge < -0.3 is 4.90 Å². The minimum Gasteiger partial charge on any atom is -0.336 e. The second-order valence-corrected chi connectivity index (χ2v) is 6.54. The molecule has 1 aliphatic heterocycles. The van der Waals surface area contributed by atoms with E-state index in [0.717, 1.165) is 24.9 Å². The summed E-state index contributed by atoms with van der Waals surface area (Å²) in [7, 11) is 0. The molecule has 6 heteroatoms. The van der Waals surface area contributed by atoms with Crippen molar-refractivity contribution in [1.29, 1.82) is 0 Å². The van der Waals surface area contributed by atoms with Crippen LogP contribution in [-0.4, -0.2) is 31.9 Å². The number of aromatic nitrogens is 3. The number of benzene rings is 1. The van der Waals surface area contributed by atoms with Crippen molar-refractivity contribution < 1.29 is 4.79 Å². The van der Waals surface area contributed by atoms with Crippen molar-refractivity contribution in [3.8, 4) is 0 Å². The molecule has 0 bridgehead atoms. The Morgan fingerprint density at radius 2 is 1.96 bits per heavy atom. The fourth-order valence-corrected chi connectivity index (χ4v) is 3.62. The molecule has 3 aromatic rings. The zero-order valence-corrected chi connectivity index (χ0v) is 14.4. The number of likely N-dealkylation sites (tertiary alicyclic amines) is 1. The molecule has 1 amide bonds. The third-order valence-corrected chi connectivity index (χ3v) is 4.96. The standard InChI is InChI=1S/C20H20N4O2/c25-19(24-12-3-6-18(24)15-7-10-21-11-8-15)9-13-23-14-22-17-5-2-1-4-16(17)20(23)26/h1-2,4-5,7-8,10-11,14,18H,3,6,9,12-13H2. The number of nitrogens with zero attached hydrogens (tertiary/aromatic N) is 4. The zero-order valence-electron chi connectivity index (χ0n) is 14.4. The SMILES string of the molecule is O=C(CCn1cnc2ccccc2c1=O)N1CCCC1c1ccncc1. The summed E-state index contributed by atoms with van der Waals surface area (Å²) in [5, 5.41) is 0.582. The van der Waals surface area contributed by atoms with E-state index in [0.29, 0.717) is 23.9 Å². The van der Waals surface area contributed by atoms with Gasteiger partial charge in [-0.1, -0.05) is 12.1 Å². The molecule has 132 valence electrons. The van der Waals surface area contributed by atoms with E-state index >= 15 is 0 Å². The van der Waals surface area contributed by atoms with Gasteiger partial charge in [0, 0.05) is 31.9 Å². The van der Waals surface area contributed by atoms with Crippen LogP contribution in [0, 0.1) is 0 Å². The van der Waals surface area contributed by atoms with Crippen molar-refractivity contribution in [3.05, 3.63) is 71.0 Å². The molecule has 0 N–H and O–H groups in total. The quantitative estimate of drug-likeness (QED) is 0.727. The predicted octanol–water partition coefficient (Wildman–Crippen LogP) is 2.55. The van der Waals surface area contributed by atoms with Crippen LogP contribution in [0.15, 0.2) is 59.9 Å².